The number of nitrogens with one attached hydrogen (secondary N) is 2. The molecule has 9 nitrogen and oxygen atoms in total. The van der Waals surface area contributed by atoms with Crippen LogP contribution in [0.3, 0.4) is 0 Å². The van der Waals surface area contributed by atoms with Crippen molar-refractivity contribution in [2.24, 2.45) is 0 Å². The topological polar surface area (TPSA) is 121 Å². The predicted molar refractivity (Wildman–Crippen MR) is 128 cm³/mol. The molecule has 180 valence electrons. The number of hydrogen-bond acceptors (Lipinski definition) is 7. The molecule has 0 spiro atoms. The molecule has 3 rings (SSSR count). The third kappa shape index (κ3) is 6.07. The fourth-order valence-corrected chi connectivity index (χ4v) is 4.87. The number of nitriles is 1. The molecule has 0 saturated carbocycles. The van der Waals surface area contributed by atoms with Gasteiger partial charge < -0.3 is 20.1 Å². The molecule has 0 aromatic heterocycles. The van der Waals surface area contributed by atoms with Crippen LogP contribution in [0.15, 0.2) is 59.1 Å². The molecule has 11 heteroatoms. The predicted octanol–water partition coefficient (Wildman–Crippen LogP) is 3.07. The summed E-state index contributed by atoms with van der Waals surface area (Å²) in [6, 6.07) is 12.9. The maximum Gasteiger partial charge on any atom is 0.263 e. The van der Waals surface area contributed by atoms with Crippen LogP contribution in [0, 0.1) is 11.3 Å². The van der Waals surface area contributed by atoms with Crippen molar-refractivity contribution in [3.05, 3.63) is 64.8 Å². The Morgan fingerprint density at radius 3 is 2.53 bits per heavy atom. The SMILES string of the molecule is COc1ccc(C(C)NC(=O)/C(C#N)=C\Nc2cc(S(=O)(=O)N3CCOCC3)ccc2Cl)cc1. The van der Waals surface area contributed by atoms with Gasteiger partial charge in [-0.15, -0.1) is 0 Å². The van der Waals surface area contributed by atoms with Crippen molar-refractivity contribution >= 4 is 33.2 Å². The number of carbonyl (C=O) groups excluding carboxylic acids is 1. The minimum absolute atomic E-state index is 0.0470. The van der Waals surface area contributed by atoms with Crippen LogP contribution in [0.5, 0.6) is 5.75 Å². The van der Waals surface area contributed by atoms with Gasteiger partial charge in [-0.1, -0.05) is 23.7 Å². The minimum atomic E-state index is -3.73. The number of rotatable bonds is 8. The normalized spacial score (nSPS) is 15.8. The number of carbonyl (C=O) groups is 1. The number of nitrogens with zero attached hydrogens (tertiary/aromatic N) is 2. The molecule has 1 heterocycles. The van der Waals surface area contributed by atoms with Crippen LogP contribution in [0.4, 0.5) is 5.69 Å². The number of ether oxygens (including phenoxy) is 2. The van der Waals surface area contributed by atoms with E-state index in [1.165, 1.54) is 28.7 Å². The standard InChI is InChI=1S/C23H25ClN4O5S/c1-16(17-3-5-19(32-2)6-4-17)27-23(29)18(14-25)15-26-22-13-20(7-8-21(22)24)34(30,31)28-9-11-33-12-10-28/h3-8,13,15-16,26H,9-12H2,1-2H3,(H,27,29)/b18-15-. The van der Waals surface area contributed by atoms with E-state index >= 15 is 0 Å². The number of sulfonamides is 1. The third-order valence-corrected chi connectivity index (χ3v) is 7.47. The van der Waals surface area contributed by atoms with E-state index in [2.05, 4.69) is 10.6 Å². The number of amides is 1. The molecule has 1 fully saturated rings. The summed E-state index contributed by atoms with van der Waals surface area (Å²) in [7, 11) is -2.17. The molecule has 0 bridgehead atoms. The molecule has 2 aromatic carbocycles. The molecule has 34 heavy (non-hydrogen) atoms. The number of hydrogen-bond donors (Lipinski definition) is 2. The van der Waals surface area contributed by atoms with Gasteiger partial charge in [0.15, 0.2) is 0 Å². The van der Waals surface area contributed by atoms with Crippen molar-refractivity contribution in [2.75, 3.05) is 38.7 Å². The van der Waals surface area contributed by atoms with Crippen LogP contribution in [0.1, 0.15) is 18.5 Å². The van der Waals surface area contributed by atoms with E-state index in [4.69, 9.17) is 21.1 Å². The third-order valence-electron chi connectivity index (χ3n) is 5.25. The lowest BCUT2D eigenvalue weighted by Gasteiger charge is -2.26. The summed E-state index contributed by atoms with van der Waals surface area (Å²) in [4.78, 5) is 12.7. The first-order valence-electron chi connectivity index (χ1n) is 10.5. The highest BCUT2D eigenvalue weighted by molar-refractivity contribution is 7.89. The summed E-state index contributed by atoms with van der Waals surface area (Å²) in [5, 5.41) is 15.2. The number of morpholine rings is 1. The Morgan fingerprint density at radius 2 is 1.91 bits per heavy atom. The second-order valence-corrected chi connectivity index (χ2v) is 9.79. The highest BCUT2D eigenvalue weighted by Gasteiger charge is 2.27. The molecule has 1 aliphatic heterocycles. The van der Waals surface area contributed by atoms with E-state index in [0.29, 0.717) is 19.0 Å². The van der Waals surface area contributed by atoms with E-state index in [1.54, 1.807) is 26.2 Å². The van der Waals surface area contributed by atoms with E-state index in [9.17, 15) is 18.5 Å². The van der Waals surface area contributed by atoms with Gasteiger partial charge in [0.2, 0.25) is 10.0 Å². The number of halogens is 1. The van der Waals surface area contributed by atoms with Crippen molar-refractivity contribution in [3.8, 4) is 11.8 Å². The molecular formula is C23H25ClN4O5S. The molecule has 2 aromatic rings. The van der Waals surface area contributed by atoms with E-state index in [0.717, 1.165) is 5.56 Å². The van der Waals surface area contributed by atoms with Crippen molar-refractivity contribution < 1.29 is 22.7 Å². The lowest BCUT2D eigenvalue weighted by atomic mass is 10.1. The molecule has 1 aliphatic rings. The Bertz CT molecular complexity index is 1200. The fourth-order valence-electron chi connectivity index (χ4n) is 3.26. The average molecular weight is 505 g/mol. The van der Waals surface area contributed by atoms with Gasteiger partial charge in [-0.3, -0.25) is 4.79 Å². The van der Waals surface area contributed by atoms with Gasteiger partial charge in [0, 0.05) is 19.3 Å². The van der Waals surface area contributed by atoms with E-state index in [1.807, 2.05) is 18.2 Å². The van der Waals surface area contributed by atoms with Crippen molar-refractivity contribution in [1.82, 2.24) is 9.62 Å². The fraction of sp³-hybridized carbons (Fsp3) is 0.304. The smallest absolute Gasteiger partial charge is 0.263 e. The first-order chi connectivity index (χ1) is 16.3. The quantitative estimate of drug-likeness (QED) is 0.418. The summed E-state index contributed by atoms with van der Waals surface area (Å²) >= 11 is 6.21. The van der Waals surface area contributed by atoms with Gasteiger partial charge in [-0.05, 0) is 42.8 Å². The Labute approximate surface area is 204 Å². The van der Waals surface area contributed by atoms with Gasteiger partial charge >= 0.3 is 0 Å². The maximum atomic E-state index is 12.9. The van der Waals surface area contributed by atoms with Crippen LogP contribution in [0.2, 0.25) is 5.02 Å². The number of anilines is 1. The summed E-state index contributed by atoms with van der Waals surface area (Å²) in [5.41, 5.74) is 0.890. The van der Waals surface area contributed by atoms with Crippen molar-refractivity contribution in [3.63, 3.8) is 0 Å². The molecule has 2 N–H and O–H groups in total. The van der Waals surface area contributed by atoms with Gasteiger partial charge in [-0.25, -0.2) is 8.42 Å². The summed E-state index contributed by atoms with van der Waals surface area (Å²) in [6.07, 6.45) is 1.20. The van der Waals surface area contributed by atoms with Crippen LogP contribution >= 0.6 is 11.6 Å². The van der Waals surface area contributed by atoms with Gasteiger partial charge in [0.1, 0.15) is 17.4 Å². The molecule has 0 radical (unpaired) electrons. The van der Waals surface area contributed by atoms with Crippen LogP contribution in [0.25, 0.3) is 0 Å². The summed E-state index contributed by atoms with van der Waals surface area (Å²) < 4.78 is 37.5. The lowest BCUT2D eigenvalue weighted by molar-refractivity contribution is -0.117. The van der Waals surface area contributed by atoms with E-state index in [-0.39, 0.29) is 40.3 Å². The molecular weight excluding hydrogens is 480 g/mol. The first kappa shape index (κ1) is 25.5. The number of benzene rings is 2. The lowest BCUT2D eigenvalue weighted by Crippen LogP contribution is -2.40. The summed E-state index contributed by atoms with van der Waals surface area (Å²) in [5.74, 6) is 0.102. The second-order valence-electron chi connectivity index (χ2n) is 7.44. The zero-order valence-electron chi connectivity index (χ0n) is 18.7. The largest absolute Gasteiger partial charge is 0.497 e. The molecule has 0 aliphatic carbocycles. The molecule has 1 saturated heterocycles. The molecule has 1 atom stereocenters. The zero-order chi connectivity index (χ0) is 24.7. The van der Waals surface area contributed by atoms with Crippen LogP contribution in [-0.4, -0.2) is 52.0 Å². The first-order valence-corrected chi connectivity index (χ1v) is 12.3. The maximum absolute atomic E-state index is 12.9. The minimum Gasteiger partial charge on any atom is -0.497 e. The Kier molecular flexibility index (Phi) is 8.52. The summed E-state index contributed by atoms with van der Waals surface area (Å²) in [6.45, 7) is 2.98. The molecule has 1 unspecified atom stereocenters. The highest BCUT2D eigenvalue weighted by Crippen LogP contribution is 2.27. The van der Waals surface area contributed by atoms with Crippen LogP contribution < -0.4 is 15.4 Å². The van der Waals surface area contributed by atoms with Gasteiger partial charge in [0.25, 0.3) is 5.91 Å². The van der Waals surface area contributed by atoms with Crippen molar-refractivity contribution in [1.29, 1.82) is 5.26 Å². The Hall–Kier alpha value is -3.10. The Balaban J connectivity index is 1.73. The zero-order valence-corrected chi connectivity index (χ0v) is 20.3. The monoisotopic (exact) mass is 504 g/mol. The average Bonchev–Trinajstić information content (AvgIpc) is 2.85. The van der Waals surface area contributed by atoms with Gasteiger partial charge in [-0.2, -0.15) is 9.57 Å². The number of methoxy groups -OCH3 is 1. The van der Waals surface area contributed by atoms with Crippen LogP contribution in [-0.2, 0) is 19.6 Å². The highest BCUT2D eigenvalue weighted by atomic mass is 35.5. The van der Waals surface area contributed by atoms with E-state index < -0.39 is 15.9 Å². The van der Waals surface area contributed by atoms with Crippen molar-refractivity contribution in [2.45, 2.75) is 17.9 Å². The molecule has 1 amide bonds. The second kappa shape index (κ2) is 11.4. The Morgan fingerprint density at radius 1 is 1.24 bits per heavy atom. The van der Waals surface area contributed by atoms with Gasteiger partial charge in [0.05, 0.1) is 42.0 Å².